The molecule has 0 unspecified atom stereocenters. The highest BCUT2D eigenvalue weighted by atomic mass is 32.2. The number of carbonyl (C=O) groups is 1. The smallest absolute Gasteiger partial charge is 0.251 e. The molecule has 0 saturated heterocycles. The van der Waals surface area contributed by atoms with Gasteiger partial charge in [0.25, 0.3) is 5.91 Å². The third kappa shape index (κ3) is 3.85. The van der Waals surface area contributed by atoms with Crippen molar-refractivity contribution in [2.75, 3.05) is 43.3 Å². The molecule has 17 heavy (non-hydrogen) atoms. The van der Waals surface area contributed by atoms with E-state index in [2.05, 4.69) is 5.32 Å². The molecular formula is C12H19N3OS. The minimum Gasteiger partial charge on any atom is -0.397 e. The van der Waals surface area contributed by atoms with Crippen molar-refractivity contribution in [2.45, 2.75) is 0 Å². The van der Waals surface area contributed by atoms with Crippen molar-refractivity contribution in [3.63, 3.8) is 0 Å². The van der Waals surface area contributed by atoms with Gasteiger partial charge < -0.3 is 16.0 Å². The van der Waals surface area contributed by atoms with Crippen LogP contribution >= 0.6 is 11.8 Å². The van der Waals surface area contributed by atoms with E-state index in [1.165, 1.54) is 0 Å². The van der Waals surface area contributed by atoms with Crippen LogP contribution in [0.25, 0.3) is 0 Å². The van der Waals surface area contributed by atoms with Gasteiger partial charge in [-0.1, -0.05) is 0 Å². The lowest BCUT2D eigenvalue weighted by atomic mass is 10.1. The number of rotatable bonds is 5. The summed E-state index contributed by atoms with van der Waals surface area (Å²) >= 11 is 1.70. The van der Waals surface area contributed by atoms with E-state index < -0.39 is 0 Å². The van der Waals surface area contributed by atoms with Crippen molar-refractivity contribution in [1.29, 1.82) is 0 Å². The molecule has 0 bridgehead atoms. The lowest BCUT2D eigenvalue weighted by Gasteiger charge is -2.15. The number of nitrogens with zero attached hydrogens (tertiary/aromatic N) is 1. The Balaban J connectivity index is 2.72. The van der Waals surface area contributed by atoms with Crippen LogP contribution in [0.4, 0.5) is 11.4 Å². The molecule has 0 radical (unpaired) electrons. The molecule has 94 valence electrons. The summed E-state index contributed by atoms with van der Waals surface area (Å²) in [5, 5.41) is 2.85. The molecule has 0 atom stereocenters. The number of amides is 1. The lowest BCUT2D eigenvalue weighted by molar-refractivity contribution is 0.0956. The van der Waals surface area contributed by atoms with Gasteiger partial charge in [0.2, 0.25) is 0 Å². The Bertz CT molecular complexity index is 393. The minimum atomic E-state index is -0.0731. The maximum absolute atomic E-state index is 11.8. The second kappa shape index (κ2) is 6.39. The quantitative estimate of drug-likeness (QED) is 0.615. The van der Waals surface area contributed by atoms with Crippen LogP contribution in [0.3, 0.4) is 0 Å². The second-order valence-corrected chi connectivity index (χ2v) is 4.90. The average Bonchev–Trinajstić information content (AvgIpc) is 2.28. The lowest BCUT2D eigenvalue weighted by Crippen LogP contribution is -2.25. The fourth-order valence-corrected chi connectivity index (χ4v) is 1.78. The largest absolute Gasteiger partial charge is 0.397 e. The molecule has 1 aromatic carbocycles. The molecule has 3 N–H and O–H groups in total. The standard InChI is InChI=1S/C12H19N3OS/c1-15(2)11-5-4-9(8-10(11)13)12(16)14-6-7-17-3/h4-5,8H,6-7,13H2,1-3H3,(H,14,16). The number of nitrogens with two attached hydrogens (primary N) is 1. The molecule has 0 spiro atoms. The van der Waals surface area contributed by atoms with Crippen LogP contribution in [0, 0.1) is 0 Å². The van der Waals surface area contributed by atoms with Gasteiger partial charge in [-0.15, -0.1) is 0 Å². The first-order valence-corrected chi connectivity index (χ1v) is 6.79. The van der Waals surface area contributed by atoms with E-state index in [0.717, 1.165) is 11.4 Å². The molecule has 0 aromatic heterocycles. The summed E-state index contributed by atoms with van der Waals surface area (Å²) < 4.78 is 0. The van der Waals surface area contributed by atoms with Crippen molar-refractivity contribution >= 4 is 29.0 Å². The number of carbonyl (C=O) groups excluding carboxylic acids is 1. The second-order valence-electron chi connectivity index (χ2n) is 3.92. The number of hydrogen-bond donors (Lipinski definition) is 2. The third-order valence-corrected chi connectivity index (χ3v) is 2.98. The predicted molar refractivity (Wildman–Crippen MR) is 75.9 cm³/mol. The predicted octanol–water partition coefficient (Wildman–Crippen LogP) is 1.43. The van der Waals surface area contributed by atoms with Crippen LogP contribution < -0.4 is 16.0 Å². The van der Waals surface area contributed by atoms with Crippen LogP contribution in [0.2, 0.25) is 0 Å². The topological polar surface area (TPSA) is 58.4 Å². The van der Waals surface area contributed by atoms with E-state index in [1.807, 2.05) is 31.3 Å². The van der Waals surface area contributed by atoms with Gasteiger partial charge in [-0.25, -0.2) is 0 Å². The molecular weight excluding hydrogens is 234 g/mol. The zero-order valence-electron chi connectivity index (χ0n) is 10.5. The van der Waals surface area contributed by atoms with Crippen LogP contribution in [-0.4, -0.2) is 38.6 Å². The monoisotopic (exact) mass is 253 g/mol. The molecule has 0 heterocycles. The summed E-state index contributed by atoms with van der Waals surface area (Å²) in [4.78, 5) is 13.7. The van der Waals surface area contributed by atoms with Crippen molar-refractivity contribution < 1.29 is 4.79 Å². The molecule has 1 rings (SSSR count). The normalized spacial score (nSPS) is 10.1. The van der Waals surface area contributed by atoms with Gasteiger partial charge in [-0.05, 0) is 24.5 Å². The summed E-state index contributed by atoms with van der Waals surface area (Å²) in [5.74, 6) is 0.841. The fraction of sp³-hybridized carbons (Fsp3) is 0.417. The molecule has 0 fully saturated rings. The van der Waals surface area contributed by atoms with Gasteiger partial charge in [0.1, 0.15) is 0 Å². The van der Waals surface area contributed by atoms with Gasteiger partial charge in [0, 0.05) is 32.0 Å². The van der Waals surface area contributed by atoms with Crippen LogP contribution in [0.1, 0.15) is 10.4 Å². The Labute approximate surface area is 107 Å². The number of nitrogens with one attached hydrogen (secondary N) is 1. The first-order chi connectivity index (χ1) is 8.06. The Morgan fingerprint density at radius 3 is 2.71 bits per heavy atom. The zero-order chi connectivity index (χ0) is 12.8. The third-order valence-electron chi connectivity index (χ3n) is 2.36. The number of anilines is 2. The van der Waals surface area contributed by atoms with E-state index in [0.29, 0.717) is 17.8 Å². The van der Waals surface area contributed by atoms with Gasteiger partial charge in [0.05, 0.1) is 11.4 Å². The maximum Gasteiger partial charge on any atom is 0.251 e. The Morgan fingerprint density at radius 1 is 1.47 bits per heavy atom. The summed E-state index contributed by atoms with van der Waals surface area (Å²) in [5.41, 5.74) is 8.03. The van der Waals surface area contributed by atoms with Crippen molar-refractivity contribution in [1.82, 2.24) is 5.32 Å². The first kappa shape index (κ1) is 13.7. The minimum absolute atomic E-state index is 0.0731. The molecule has 0 saturated carbocycles. The van der Waals surface area contributed by atoms with Gasteiger partial charge in [0.15, 0.2) is 0 Å². The van der Waals surface area contributed by atoms with E-state index in [-0.39, 0.29) is 5.91 Å². The van der Waals surface area contributed by atoms with E-state index in [9.17, 15) is 4.79 Å². The molecule has 1 aromatic rings. The average molecular weight is 253 g/mol. The highest BCUT2D eigenvalue weighted by Gasteiger charge is 2.08. The molecule has 0 aliphatic carbocycles. The SMILES string of the molecule is CSCCNC(=O)c1ccc(N(C)C)c(N)c1. The number of thioether (sulfide) groups is 1. The Morgan fingerprint density at radius 2 is 2.18 bits per heavy atom. The Kier molecular flexibility index (Phi) is 5.15. The zero-order valence-corrected chi connectivity index (χ0v) is 11.3. The van der Waals surface area contributed by atoms with Crippen LogP contribution in [0.5, 0.6) is 0 Å². The van der Waals surface area contributed by atoms with E-state index in [1.54, 1.807) is 23.9 Å². The molecule has 1 amide bonds. The maximum atomic E-state index is 11.8. The first-order valence-electron chi connectivity index (χ1n) is 5.40. The summed E-state index contributed by atoms with van der Waals surface area (Å²) in [6.07, 6.45) is 2.01. The molecule has 0 aliphatic rings. The number of nitrogen functional groups attached to an aromatic ring is 1. The van der Waals surface area contributed by atoms with Gasteiger partial charge in [-0.2, -0.15) is 11.8 Å². The molecule has 0 aliphatic heterocycles. The number of hydrogen-bond acceptors (Lipinski definition) is 4. The molecule has 5 heteroatoms. The van der Waals surface area contributed by atoms with Crippen LogP contribution in [-0.2, 0) is 0 Å². The highest BCUT2D eigenvalue weighted by Crippen LogP contribution is 2.22. The van der Waals surface area contributed by atoms with E-state index >= 15 is 0 Å². The summed E-state index contributed by atoms with van der Waals surface area (Å²) in [6.45, 7) is 0.676. The van der Waals surface area contributed by atoms with Crippen molar-refractivity contribution in [2.24, 2.45) is 0 Å². The Hall–Kier alpha value is -1.36. The summed E-state index contributed by atoms with van der Waals surface area (Å²) in [7, 11) is 3.84. The van der Waals surface area contributed by atoms with Crippen molar-refractivity contribution in [3.8, 4) is 0 Å². The van der Waals surface area contributed by atoms with Gasteiger partial charge >= 0.3 is 0 Å². The fourth-order valence-electron chi connectivity index (χ4n) is 1.47. The molecule has 4 nitrogen and oxygen atoms in total. The van der Waals surface area contributed by atoms with Crippen molar-refractivity contribution in [3.05, 3.63) is 23.8 Å². The summed E-state index contributed by atoms with van der Waals surface area (Å²) in [6, 6.07) is 5.36. The number of benzene rings is 1. The highest BCUT2D eigenvalue weighted by molar-refractivity contribution is 7.98. The van der Waals surface area contributed by atoms with Crippen LogP contribution in [0.15, 0.2) is 18.2 Å². The van der Waals surface area contributed by atoms with E-state index in [4.69, 9.17) is 5.73 Å². The van der Waals surface area contributed by atoms with Gasteiger partial charge in [-0.3, -0.25) is 4.79 Å².